The maximum Gasteiger partial charge on any atom is 0.320 e. The molecule has 0 fully saturated rings. The smallest absolute Gasteiger partial charge is 0.320 e. The van der Waals surface area contributed by atoms with Crippen LogP contribution < -0.4 is 5.73 Å². The van der Waals surface area contributed by atoms with Gasteiger partial charge < -0.3 is 10.8 Å². The van der Waals surface area contributed by atoms with E-state index in [-0.39, 0.29) is 26.2 Å². The van der Waals surface area contributed by atoms with Crippen molar-refractivity contribution in [2.75, 3.05) is 0 Å². The number of carboxylic acids is 1. The second kappa shape index (κ2) is 4.47. The molecule has 0 aliphatic heterocycles. The summed E-state index contributed by atoms with van der Waals surface area (Å²) in [7, 11) is 0. The van der Waals surface area contributed by atoms with E-state index in [1.54, 1.807) is 0 Å². The summed E-state index contributed by atoms with van der Waals surface area (Å²) in [6.07, 6.45) is 0. The summed E-state index contributed by atoms with van der Waals surface area (Å²) >= 11 is 0. The van der Waals surface area contributed by atoms with Gasteiger partial charge in [-0.25, -0.2) is 0 Å². The molecule has 0 aromatic carbocycles. The molecular weight excluding hydrogens is 173 g/mol. The SMILES string of the molecule is C[C@H](N)C(=O)O.[Zr]. The van der Waals surface area contributed by atoms with Gasteiger partial charge >= 0.3 is 5.97 Å². The molecule has 3 N–H and O–H groups in total. The van der Waals surface area contributed by atoms with Crippen molar-refractivity contribution in [2.45, 2.75) is 13.0 Å². The van der Waals surface area contributed by atoms with Crippen LogP contribution in [0.4, 0.5) is 0 Å². The molecule has 0 unspecified atom stereocenters. The average molecular weight is 180 g/mol. The number of hydrogen-bond donors (Lipinski definition) is 2. The third kappa shape index (κ3) is 6.31. The first-order valence-corrected chi connectivity index (χ1v) is 1.63. The van der Waals surface area contributed by atoms with Crippen molar-refractivity contribution in [3.8, 4) is 0 Å². The molecule has 1 atom stereocenters. The van der Waals surface area contributed by atoms with E-state index in [2.05, 4.69) is 0 Å². The van der Waals surface area contributed by atoms with Gasteiger partial charge in [0, 0.05) is 26.2 Å². The van der Waals surface area contributed by atoms with E-state index in [4.69, 9.17) is 10.8 Å². The van der Waals surface area contributed by atoms with Gasteiger partial charge in [0.15, 0.2) is 0 Å². The Balaban J connectivity index is 0. The van der Waals surface area contributed by atoms with E-state index in [0.29, 0.717) is 0 Å². The molecular formula is C3H7NO2Zr. The summed E-state index contributed by atoms with van der Waals surface area (Å²) in [6, 6.07) is -0.731. The maximum absolute atomic E-state index is 9.57. The van der Waals surface area contributed by atoms with Crippen molar-refractivity contribution in [3.05, 3.63) is 0 Å². The first-order valence-electron chi connectivity index (χ1n) is 1.63. The topological polar surface area (TPSA) is 63.3 Å². The normalized spacial score (nSPS) is 11.7. The quantitative estimate of drug-likeness (QED) is 0.567. The van der Waals surface area contributed by atoms with Crippen molar-refractivity contribution in [2.24, 2.45) is 5.73 Å². The van der Waals surface area contributed by atoms with Gasteiger partial charge in [-0.2, -0.15) is 0 Å². The predicted octanol–water partition coefficient (Wildman–Crippen LogP) is -0.584. The van der Waals surface area contributed by atoms with Crippen molar-refractivity contribution in [1.29, 1.82) is 0 Å². The standard InChI is InChI=1S/C3H7NO2.Zr/c1-2(4)3(5)6;/h2H,4H2,1H3,(H,5,6);/t2-;/m0./s1. The molecule has 0 heterocycles. The molecule has 0 rings (SSSR count). The van der Waals surface area contributed by atoms with E-state index >= 15 is 0 Å². The van der Waals surface area contributed by atoms with Gasteiger partial charge in [-0.15, -0.1) is 0 Å². The Labute approximate surface area is 61.0 Å². The summed E-state index contributed by atoms with van der Waals surface area (Å²) < 4.78 is 0. The molecule has 0 radical (unpaired) electrons. The van der Waals surface area contributed by atoms with Gasteiger partial charge in [0.25, 0.3) is 0 Å². The van der Waals surface area contributed by atoms with Crippen molar-refractivity contribution in [1.82, 2.24) is 0 Å². The zero-order chi connectivity index (χ0) is 5.15. The molecule has 0 saturated heterocycles. The Hall–Kier alpha value is 0.313. The molecule has 0 saturated carbocycles. The minimum atomic E-state index is -0.963. The summed E-state index contributed by atoms with van der Waals surface area (Å²) in [5.74, 6) is -0.963. The van der Waals surface area contributed by atoms with E-state index in [1.807, 2.05) is 0 Å². The largest absolute Gasteiger partial charge is 0.480 e. The molecule has 4 heteroatoms. The monoisotopic (exact) mass is 179 g/mol. The van der Waals surface area contributed by atoms with Crippen LogP contribution in [-0.4, -0.2) is 17.1 Å². The van der Waals surface area contributed by atoms with Crippen LogP contribution in [0.15, 0.2) is 0 Å². The summed E-state index contributed by atoms with van der Waals surface area (Å²) in [4.78, 5) is 9.57. The third-order valence-electron chi connectivity index (χ3n) is 0.390. The van der Waals surface area contributed by atoms with Crippen molar-refractivity contribution >= 4 is 5.97 Å². The first kappa shape index (κ1) is 10.3. The van der Waals surface area contributed by atoms with Crippen molar-refractivity contribution in [3.63, 3.8) is 0 Å². The molecule has 7 heavy (non-hydrogen) atoms. The Bertz CT molecular complexity index is 64.0. The molecule has 0 spiro atoms. The van der Waals surface area contributed by atoms with Crippen LogP contribution >= 0.6 is 0 Å². The number of carbonyl (C=O) groups is 1. The summed E-state index contributed by atoms with van der Waals surface area (Å²) in [6.45, 7) is 1.42. The Morgan fingerprint density at radius 3 is 2.00 bits per heavy atom. The van der Waals surface area contributed by atoms with Gasteiger partial charge in [-0.1, -0.05) is 0 Å². The Morgan fingerprint density at radius 2 is 2.00 bits per heavy atom. The van der Waals surface area contributed by atoms with Gasteiger partial charge in [0.2, 0.25) is 0 Å². The van der Waals surface area contributed by atoms with Gasteiger partial charge in [0.05, 0.1) is 0 Å². The summed E-state index contributed by atoms with van der Waals surface area (Å²) in [5.41, 5.74) is 4.84. The van der Waals surface area contributed by atoms with Gasteiger partial charge in [-0.3, -0.25) is 4.79 Å². The number of hydrogen-bond acceptors (Lipinski definition) is 2. The Morgan fingerprint density at radius 1 is 1.86 bits per heavy atom. The van der Waals surface area contributed by atoms with E-state index in [1.165, 1.54) is 6.92 Å². The molecule has 0 aromatic rings. The predicted molar refractivity (Wildman–Crippen MR) is 21.3 cm³/mol. The molecule has 0 aliphatic rings. The zero-order valence-electron chi connectivity index (χ0n) is 4.01. The number of carboxylic acid groups (broad SMARTS) is 1. The third-order valence-corrected chi connectivity index (χ3v) is 0.390. The fourth-order valence-electron chi connectivity index (χ4n) is 0. The van der Waals surface area contributed by atoms with Crippen LogP contribution in [0.25, 0.3) is 0 Å². The van der Waals surface area contributed by atoms with E-state index in [9.17, 15) is 4.79 Å². The van der Waals surface area contributed by atoms with Crippen LogP contribution in [0.3, 0.4) is 0 Å². The molecule has 0 bridgehead atoms. The minimum absolute atomic E-state index is 0. The van der Waals surface area contributed by atoms with Crippen LogP contribution in [0.1, 0.15) is 6.92 Å². The van der Waals surface area contributed by atoms with Gasteiger partial charge in [0.1, 0.15) is 6.04 Å². The fraction of sp³-hybridized carbons (Fsp3) is 0.667. The molecule has 3 nitrogen and oxygen atoms in total. The van der Waals surface area contributed by atoms with Crippen LogP contribution in [-0.2, 0) is 31.0 Å². The number of nitrogens with two attached hydrogens (primary N) is 1. The first-order chi connectivity index (χ1) is 2.64. The Kier molecular flexibility index (Phi) is 6.60. The fourth-order valence-corrected chi connectivity index (χ4v) is 0. The van der Waals surface area contributed by atoms with Crippen molar-refractivity contribution < 1.29 is 36.1 Å². The second-order valence-electron chi connectivity index (χ2n) is 1.13. The minimum Gasteiger partial charge on any atom is -0.480 e. The average Bonchev–Trinajstić information content (AvgIpc) is 1.36. The van der Waals surface area contributed by atoms with Crippen LogP contribution in [0.5, 0.6) is 0 Å². The van der Waals surface area contributed by atoms with Crippen LogP contribution in [0.2, 0.25) is 0 Å². The zero-order valence-corrected chi connectivity index (χ0v) is 6.47. The van der Waals surface area contributed by atoms with E-state index in [0.717, 1.165) is 0 Å². The number of aliphatic carboxylic acids is 1. The van der Waals surface area contributed by atoms with E-state index < -0.39 is 12.0 Å². The van der Waals surface area contributed by atoms with Gasteiger partial charge in [-0.05, 0) is 6.92 Å². The maximum atomic E-state index is 9.57. The molecule has 0 amide bonds. The summed E-state index contributed by atoms with van der Waals surface area (Å²) in [5, 5.41) is 7.87. The number of rotatable bonds is 1. The molecule has 0 aliphatic carbocycles. The van der Waals surface area contributed by atoms with Crippen LogP contribution in [0, 0.1) is 0 Å². The molecule has 0 aromatic heterocycles. The second-order valence-corrected chi connectivity index (χ2v) is 1.13. The molecule has 40 valence electrons.